The molecule has 0 unspecified atom stereocenters. The SMILES string of the molecule is Cc1cccc(C(=O)N2CCN(C(=O)CCCOc3ccccc3)CC2)c1. The highest BCUT2D eigenvalue weighted by molar-refractivity contribution is 5.94. The third-order valence-corrected chi connectivity index (χ3v) is 4.73. The van der Waals surface area contributed by atoms with E-state index in [0.717, 1.165) is 11.3 Å². The van der Waals surface area contributed by atoms with Gasteiger partial charge in [-0.2, -0.15) is 0 Å². The van der Waals surface area contributed by atoms with Crippen LogP contribution >= 0.6 is 0 Å². The van der Waals surface area contributed by atoms with Gasteiger partial charge in [-0.15, -0.1) is 0 Å². The van der Waals surface area contributed by atoms with Gasteiger partial charge in [0.2, 0.25) is 5.91 Å². The van der Waals surface area contributed by atoms with Crippen molar-refractivity contribution in [1.29, 1.82) is 0 Å². The maximum Gasteiger partial charge on any atom is 0.253 e. The number of piperazine rings is 1. The Hall–Kier alpha value is -2.82. The summed E-state index contributed by atoms with van der Waals surface area (Å²) in [7, 11) is 0. The molecule has 0 N–H and O–H groups in total. The predicted molar refractivity (Wildman–Crippen MR) is 105 cm³/mol. The molecule has 1 aliphatic heterocycles. The molecule has 2 aromatic carbocycles. The highest BCUT2D eigenvalue weighted by Crippen LogP contribution is 2.12. The molecule has 3 rings (SSSR count). The number of benzene rings is 2. The summed E-state index contributed by atoms with van der Waals surface area (Å²) in [6.45, 7) is 4.86. The fraction of sp³-hybridized carbons (Fsp3) is 0.364. The molecule has 5 nitrogen and oxygen atoms in total. The Morgan fingerprint density at radius 1 is 0.926 bits per heavy atom. The van der Waals surface area contributed by atoms with E-state index in [-0.39, 0.29) is 11.8 Å². The monoisotopic (exact) mass is 366 g/mol. The van der Waals surface area contributed by atoms with Gasteiger partial charge in [-0.1, -0.05) is 35.9 Å². The molecule has 1 fully saturated rings. The van der Waals surface area contributed by atoms with Crippen molar-refractivity contribution < 1.29 is 14.3 Å². The summed E-state index contributed by atoms with van der Waals surface area (Å²) in [4.78, 5) is 28.6. The molecule has 1 heterocycles. The van der Waals surface area contributed by atoms with Crippen LogP contribution in [0.1, 0.15) is 28.8 Å². The van der Waals surface area contributed by atoms with Gasteiger partial charge in [0.1, 0.15) is 5.75 Å². The van der Waals surface area contributed by atoms with Crippen LogP contribution in [0.3, 0.4) is 0 Å². The summed E-state index contributed by atoms with van der Waals surface area (Å²) in [5.41, 5.74) is 1.79. The average molecular weight is 366 g/mol. The zero-order valence-electron chi connectivity index (χ0n) is 15.8. The Balaban J connectivity index is 1.39. The molecule has 0 spiro atoms. The number of hydrogen-bond donors (Lipinski definition) is 0. The van der Waals surface area contributed by atoms with E-state index in [4.69, 9.17) is 4.74 Å². The fourth-order valence-corrected chi connectivity index (χ4v) is 3.21. The second-order valence-electron chi connectivity index (χ2n) is 6.81. The van der Waals surface area contributed by atoms with Crippen molar-refractivity contribution in [2.75, 3.05) is 32.8 Å². The van der Waals surface area contributed by atoms with Crippen molar-refractivity contribution in [3.63, 3.8) is 0 Å². The minimum Gasteiger partial charge on any atom is -0.494 e. The van der Waals surface area contributed by atoms with E-state index in [1.165, 1.54) is 0 Å². The number of aryl methyl sites for hydroxylation is 1. The molecular formula is C22H26N2O3. The van der Waals surface area contributed by atoms with E-state index in [2.05, 4.69) is 0 Å². The van der Waals surface area contributed by atoms with Crippen molar-refractivity contribution in [2.24, 2.45) is 0 Å². The maximum atomic E-state index is 12.6. The number of carbonyl (C=O) groups excluding carboxylic acids is 2. The van der Waals surface area contributed by atoms with Crippen molar-refractivity contribution in [3.05, 3.63) is 65.7 Å². The lowest BCUT2D eigenvalue weighted by Gasteiger charge is -2.35. The Bertz CT molecular complexity index is 768. The first kappa shape index (κ1) is 19.0. The Labute approximate surface area is 160 Å². The van der Waals surface area contributed by atoms with E-state index in [9.17, 15) is 9.59 Å². The van der Waals surface area contributed by atoms with Gasteiger partial charge < -0.3 is 14.5 Å². The smallest absolute Gasteiger partial charge is 0.253 e. The summed E-state index contributed by atoms with van der Waals surface area (Å²) in [5, 5.41) is 0. The Morgan fingerprint density at radius 2 is 1.63 bits per heavy atom. The number of rotatable bonds is 6. The highest BCUT2D eigenvalue weighted by atomic mass is 16.5. The largest absolute Gasteiger partial charge is 0.494 e. The number of nitrogens with zero attached hydrogens (tertiary/aromatic N) is 2. The van der Waals surface area contributed by atoms with Crippen LogP contribution in [-0.2, 0) is 4.79 Å². The van der Waals surface area contributed by atoms with E-state index in [1.54, 1.807) is 0 Å². The molecule has 5 heteroatoms. The van der Waals surface area contributed by atoms with Crippen LogP contribution < -0.4 is 4.74 Å². The van der Waals surface area contributed by atoms with Crippen LogP contribution in [0, 0.1) is 6.92 Å². The lowest BCUT2D eigenvalue weighted by atomic mass is 10.1. The first-order chi connectivity index (χ1) is 13.1. The van der Waals surface area contributed by atoms with Crippen LogP contribution in [0.15, 0.2) is 54.6 Å². The number of hydrogen-bond acceptors (Lipinski definition) is 3. The van der Waals surface area contributed by atoms with Gasteiger partial charge in [-0.3, -0.25) is 9.59 Å². The van der Waals surface area contributed by atoms with Gasteiger partial charge in [-0.25, -0.2) is 0 Å². The van der Waals surface area contributed by atoms with Gasteiger partial charge in [0, 0.05) is 38.2 Å². The lowest BCUT2D eigenvalue weighted by Crippen LogP contribution is -2.50. The minimum atomic E-state index is 0.0436. The quantitative estimate of drug-likeness (QED) is 0.738. The van der Waals surface area contributed by atoms with Gasteiger partial charge in [0.05, 0.1) is 6.61 Å². The number of para-hydroxylation sites is 1. The number of carbonyl (C=O) groups is 2. The van der Waals surface area contributed by atoms with Crippen molar-refractivity contribution >= 4 is 11.8 Å². The summed E-state index contributed by atoms with van der Waals surface area (Å²) < 4.78 is 5.63. The van der Waals surface area contributed by atoms with Crippen LogP contribution in [-0.4, -0.2) is 54.4 Å². The molecule has 0 aromatic heterocycles. The van der Waals surface area contributed by atoms with Crippen molar-refractivity contribution in [3.8, 4) is 5.75 Å². The third kappa shape index (κ3) is 5.33. The van der Waals surface area contributed by atoms with Crippen molar-refractivity contribution in [2.45, 2.75) is 19.8 Å². The highest BCUT2D eigenvalue weighted by Gasteiger charge is 2.24. The van der Waals surface area contributed by atoms with Gasteiger partial charge in [0.15, 0.2) is 0 Å². The summed E-state index contributed by atoms with van der Waals surface area (Å²) in [5.74, 6) is 1.00. The summed E-state index contributed by atoms with van der Waals surface area (Å²) in [6, 6.07) is 17.3. The molecule has 0 atom stereocenters. The van der Waals surface area contributed by atoms with E-state index in [1.807, 2.05) is 71.3 Å². The molecule has 2 aromatic rings. The zero-order valence-corrected chi connectivity index (χ0v) is 15.8. The van der Waals surface area contributed by atoms with Gasteiger partial charge in [0.25, 0.3) is 5.91 Å². The topological polar surface area (TPSA) is 49.9 Å². The third-order valence-electron chi connectivity index (χ3n) is 4.73. The molecule has 0 saturated carbocycles. The molecule has 0 radical (unpaired) electrons. The summed E-state index contributed by atoms with van der Waals surface area (Å²) >= 11 is 0. The van der Waals surface area contributed by atoms with Crippen molar-refractivity contribution in [1.82, 2.24) is 9.80 Å². The minimum absolute atomic E-state index is 0.0436. The first-order valence-corrected chi connectivity index (χ1v) is 9.45. The molecule has 142 valence electrons. The maximum absolute atomic E-state index is 12.6. The first-order valence-electron chi connectivity index (χ1n) is 9.45. The molecule has 2 amide bonds. The number of amides is 2. The number of ether oxygens (including phenoxy) is 1. The lowest BCUT2D eigenvalue weighted by molar-refractivity contribution is -0.132. The molecule has 27 heavy (non-hydrogen) atoms. The molecule has 1 aliphatic rings. The molecule has 0 bridgehead atoms. The second-order valence-corrected chi connectivity index (χ2v) is 6.81. The van der Waals surface area contributed by atoms with Crippen LogP contribution in [0.5, 0.6) is 5.75 Å². The van der Waals surface area contributed by atoms with E-state index < -0.39 is 0 Å². The van der Waals surface area contributed by atoms with E-state index >= 15 is 0 Å². The standard InChI is InChI=1S/C22H26N2O3/c1-18-7-5-8-19(17-18)22(26)24-14-12-23(13-15-24)21(25)11-6-16-27-20-9-3-2-4-10-20/h2-5,7-10,17H,6,11-16H2,1H3. The molecule has 0 aliphatic carbocycles. The predicted octanol–water partition coefficient (Wildman–Crippen LogP) is 3.14. The van der Waals surface area contributed by atoms with E-state index in [0.29, 0.717) is 51.2 Å². The van der Waals surface area contributed by atoms with Gasteiger partial charge >= 0.3 is 0 Å². The van der Waals surface area contributed by atoms with Crippen LogP contribution in [0.2, 0.25) is 0 Å². The molecule has 1 saturated heterocycles. The summed E-state index contributed by atoms with van der Waals surface area (Å²) in [6.07, 6.45) is 1.16. The second kappa shape index (κ2) is 9.21. The normalized spacial score (nSPS) is 14.1. The molecular weight excluding hydrogens is 340 g/mol. The zero-order chi connectivity index (χ0) is 19.1. The Kier molecular flexibility index (Phi) is 6.47. The Morgan fingerprint density at radius 3 is 2.33 bits per heavy atom. The average Bonchev–Trinajstić information content (AvgIpc) is 2.71. The van der Waals surface area contributed by atoms with Crippen LogP contribution in [0.25, 0.3) is 0 Å². The van der Waals surface area contributed by atoms with Crippen LogP contribution in [0.4, 0.5) is 0 Å². The fourth-order valence-electron chi connectivity index (χ4n) is 3.21. The van der Waals surface area contributed by atoms with Gasteiger partial charge in [-0.05, 0) is 37.6 Å².